The van der Waals surface area contributed by atoms with Crippen LogP contribution in [0.2, 0.25) is 0 Å². The van der Waals surface area contributed by atoms with Crippen LogP contribution in [0.4, 0.5) is 0 Å². The van der Waals surface area contributed by atoms with Crippen molar-refractivity contribution in [1.29, 1.82) is 0 Å². The van der Waals surface area contributed by atoms with Crippen LogP contribution in [0.5, 0.6) is 0 Å². The molecular formula is C63H121NO5. The van der Waals surface area contributed by atoms with Gasteiger partial charge in [-0.3, -0.25) is 4.79 Å². The summed E-state index contributed by atoms with van der Waals surface area (Å²) in [6.45, 7) is 4.05. The maximum atomic E-state index is 12.6. The van der Waals surface area contributed by atoms with Gasteiger partial charge in [-0.05, 0) is 64.2 Å². The number of amides is 1. The van der Waals surface area contributed by atoms with Gasteiger partial charge in [0.2, 0.25) is 5.91 Å². The van der Waals surface area contributed by atoms with Gasteiger partial charge in [0.25, 0.3) is 0 Å². The highest BCUT2D eigenvalue weighted by molar-refractivity contribution is 5.80. The highest BCUT2D eigenvalue weighted by Gasteiger charge is 2.28. The van der Waals surface area contributed by atoms with E-state index in [9.17, 15) is 25.2 Å². The second kappa shape index (κ2) is 57.4. The summed E-state index contributed by atoms with van der Waals surface area (Å²) in [5.41, 5.74) is 0. The summed E-state index contributed by atoms with van der Waals surface area (Å²) >= 11 is 0. The summed E-state index contributed by atoms with van der Waals surface area (Å²) in [6.07, 6.45) is 72.5. The van der Waals surface area contributed by atoms with Crippen LogP contribution in [0.3, 0.4) is 0 Å². The van der Waals surface area contributed by atoms with E-state index >= 15 is 0 Å². The first kappa shape index (κ1) is 67.5. The van der Waals surface area contributed by atoms with Gasteiger partial charge in [-0.1, -0.05) is 301 Å². The van der Waals surface area contributed by atoms with Crippen molar-refractivity contribution in [2.75, 3.05) is 6.61 Å². The van der Waals surface area contributed by atoms with Crippen LogP contribution < -0.4 is 5.32 Å². The van der Waals surface area contributed by atoms with Crippen molar-refractivity contribution in [2.45, 2.75) is 353 Å². The maximum Gasteiger partial charge on any atom is 0.249 e. The molecule has 0 aromatic rings. The normalized spacial score (nSPS) is 13.9. The minimum atomic E-state index is -1.29. The zero-order valence-corrected chi connectivity index (χ0v) is 46.3. The fourth-order valence-corrected chi connectivity index (χ4v) is 9.74. The minimum Gasteiger partial charge on any atom is -0.394 e. The van der Waals surface area contributed by atoms with Crippen molar-refractivity contribution < 1.29 is 25.2 Å². The Morgan fingerprint density at radius 1 is 0.348 bits per heavy atom. The molecule has 0 spiro atoms. The predicted octanol–water partition coefficient (Wildman–Crippen LogP) is 18.4. The van der Waals surface area contributed by atoms with E-state index in [-0.39, 0.29) is 0 Å². The molecule has 0 aliphatic carbocycles. The Morgan fingerprint density at radius 3 is 0.913 bits per heavy atom. The molecule has 6 nitrogen and oxygen atoms in total. The topological polar surface area (TPSA) is 110 Å². The van der Waals surface area contributed by atoms with E-state index in [4.69, 9.17) is 0 Å². The standard InChI is InChI=1S/C63H121NO5/c1-3-5-7-9-11-13-15-17-19-21-22-23-24-25-26-27-28-29-30-31-32-33-34-35-36-37-38-39-41-43-45-47-49-51-53-55-57-61(67)63(69)64-59(58-65)62(68)60(66)56-54-52-50-48-46-44-42-40-20-18-16-14-12-10-8-6-4-2/h14,16,40,42,48,50,59-62,65-68H,3-13,15,17-39,41,43-47,49,51-58H2,1-2H3,(H,64,69)/b16-14+,42-40+,50-48+. The van der Waals surface area contributed by atoms with Crippen LogP contribution in [-0.2, 0) is 4.79 Å². The number of carbonyl (C=O) groups excluding carboxylic acids is 1. The van der Waals surface area contributed by atoms with Gasteiger partial charge in [0.1, 0.15) is 12.2 Å². The van der Waals surface area contributed by atoms with E-state index < -0.39 is 36.9 Å². The van der Waals surface area contributed by atoms with Crippen molar-refractivity contribution in [1.82, 2.24) is 5.32 Å². The number of carbonyl (C=O) groups is 1. The van der Waals surface area contributed by atoms with Gasteiger partial charge in [0.15, 0.2) is 0 Å². The molecule has 0 bridgehead atoms. The quantitative estimate of drug-likeness (QED) is 0.0308. The minimum absolute atomic E-state index is 0.362. The van der Waals surface area contributed by atoms with Crippen LogP contribution in [0.25, 0.3) is 0 Å². The van der Waals surface area contributed by atoms with Gasteiger partial charge in [0, 0.05) is 0 Å². The molecule has 0 aromatic heterocycles. The maximum absolute atomic E-state index is 12.6. The second-order valence-corrected chi connectivity index (χ2v) is 21.4. The predicted molar refractivity (Wildman–Crippen MR) is 302 cm³/mol. The molecule has 6 heteroatoms. The first-order valence-electron chi connectivity index (χ1n) is 30.9. The van der Waals surface area contributed by atoms with Crippen molar-refractivity contribution in [2.24, 2.45) is 0 Å². The van der Waals surface area contributed by atoms with E-state index in [2.05, 4.69) is 55.6 Å². The Labute approximate surface area is 430 Å². The average Bonchev–Trinajstić information content (AvgIpc) is 3.35. The Hall–Kier alpha value is -1.47. The van der Waals surface area contributed by atoms with Crippen LogP contribution in [0, 0.1) is 0 Å². The van der Waals surface area contributed by atoms with E-state index in [1.54, 1.807) is 0 Å². The SMILES string of the molecule is CCCCCC/C=C/CC/C=C/CC/C=C/CCCC(O)C(O)C(CO)NC(=O)C(O)CCCCCCCCCCCCCCCCCCCCCCCCCCCCCCCCCCCCCC. The number of nitrogens with one attached hydrogen (secondary N) is 1. The number of aliphatic hydroxyl groups is 4. The number of hydrogen-bond acceptors (Lipinski definition) is 5. The van der Waals surface area contributed by atoms with Crippen molar-refractivity contribution in [3.8, 4) is 0 Å². The molecule has 69 heavy (non-hydrogen) atoms. The number of hydrogen-bond donors (Lipinski definition) is 5. The number of rotatable bonds is 57. The van der Waals surface area contributed by atoms with Gasteiger partial charge >= 0.3 is 0 Å². The molecule has 0 radical (unpaired) electrons. The molecule has 408 valence electrons. The lowest BCUT2D eigenvalue weighted by atomic mass is 10.00. The number of allylic oxidation sites excluding steroid dienone is 6. The summed E-state index contributed by atoms with van der Waals surface area (Å²) in [5, 5.41) is 43.9. The monoisotopic (exact) mass is 972 g/mol. The third kappa shape index (κ3) is 51.2. The Bertz CT molecular complexity index is 1090. The molecule has 0 rings (SSSR count). The molecule has 0 aromatic carbocycles. The summed E-state index contributed by atoms with van der Waals surface area (Å²) in [6, 6.07) is -1.01. The smallest absolute Gasteiger partial charge is 0.249 e. The van der Waals surface area contributed by atoms with Crippen molar-refractivity contribution in [3.05, 3.63) is 36.5 Å². The molecule has 1 amide bonds. The van der Waals surface area contributed by atoms with E-state index in [0.717, 1.165) is 51.4 Å². The molecular weight excluding hydrogens is 851 g/mol. The highest BCUT2D eigenvalue weighted by Crippen LogP contribution is 2.18. The summed E-state index contributed by atoms with van der Waals surface area (Å²) in [4.78, 5) is 12.6. The molecule has 0 saturated carbocycles. The van der Waals surface area contributed by atoms with E-state index in [1.807, 2.05) is 0 Å². The van der Waals surface area contributed by atoms with Crippen LogP contribution >= 0.6 is 0 Å². The largest absolute Gasteiger partial charge is 0.394 e. The van der Waals surface area contributed by atoms with Crippen molar-refractivity contribution >= 4 is 5.91 Å². The second-order valence-electron chi connectivity index (χ2n) is 21.4. The Morgan fingerprint density at radius 2 is 0.609 bits per heavy atom. The zero-order chi connectivity index (χ0) is 50.2. The third-order valence-corrected chi connectivity index (χ3v) is 14.6. The zero-order valence-electron chi connectivity index (χ0n) is 46.3. The summed E-state index contributed by atoms with van der Waals surface area (Å²) in [7, 11) is 0. The van der Waals surface area contributed by atoms with Crippen molar-refractivity contribution in [3.63, 3.8) is 0 Å². The lowest BCUT2D eigenvalue weighted by Crippen LogP contribution is -2.53. The first-order chi connectivity index (χ1) is 34.0. The Kier molecular flexibility index (Phi) is 56.2. The summed E-state index contributed by atoms with van der Waals surface area (Å²) in [5.74, 6) is -0.595. The van der Waals surface area contributed by atoms with Crippen LogP contribution in [-0.4, -0.2) is 57.3 Å². The number of unbranched alkanes of at least 4 members (excludes halogenated alkanes) is 42. The molecule has 4 unspecified atom stereocenters. The van der Waals surface area contributed by atoms with Gasteiger partial charge in [-0.25, -0.2) is 0 Å². The molecule has 0 aliphatic heterocycles. The Balaban J connectivity index is 3.54. The lowest BCUT2D eigenvalue weighted by Gasteiger charge is -2.27. The van der Waals surface area contributed by atoms with Crippen LogP contribution in [0.15, 0.2) is 36.5 Å². The van der Waals surface area contributed by atoms with Crippen LogP contribution in [0.1, 0.15) is 328 Å². The average molecular weight is 973 g/mol. The van der Waals surface area contributed by atoms with E-state index in [0.29, 0.717) is 19.3 Å². The first-order valence-corrected chi connectivity index (χ1v) is 30.9. The van der Waals surface area contributed by atoms with Gasteiger partial charge in [-0.15, -0.1) is 0 Å². The highest BCUT2D eigenvalue weighted by atomic mass is 16.3. The molecule has 0 saturated heterocycles. The van der Waals surface area contributed by atoms with E-state index in [1.165, 1.54) is 244 Å². The molecule has 0 heterocycles. The fraction of sp³-hybridized carbons (Fsp3) is 0.889. The number of aliphatic hydroxyl groups excluding tert-OH is 4. The molecule has 4 atom stereocenters. The van der Waals surface area contributed by atoms with Gasteiger partial charge < -0.3 is 25.7 Å². The summed E-state index contributed by atoms with van der Waals surface area (Å²) < 4.78 is 0. The molecule has 5 N–H and O–H groups in total. The fourth-order valence-electron chi connectivity index (χ4n) is 9.74. The molecule has 0 aliphatic rings. The lowest BCUT2D eigenvalue weighted by molar-refractivity contribution is -0.132. The molecule has 0 fully saturated rings. The van der Waals surface area contributed by atoms with Gasteiger partial charge in [-0.2, -0.15) is 0 Å². The third-order valence-electron chi connectivity index (χ3n) is 14.6. The van der Waals surface area contributed by atoms with Gasteiger partial charge in [0.05, 0.1) is 18.8 Å².